The average Bonchev–Trinajstić information content (AvgIpc) is 2.73. The van der Waals surface area contributed by atoms with Crippen LogP contribution in [0.25, 0.3) is 10.8 Å². The number of allylic oxidation sites excluding steroid dienone is 2. The molecular formula is C28H42. The SMILES string of the molecule is CCCCCCCCC/C=C/CCCCCCCc1cccc2ccccc12. The van der Waals surface area contributed by atoms with Crippen LogP contribution in [0.1, 0.15) is 102 Å². The summed E-state index contributed by atoms with van der Waals surface area (Å²) < 4.78 is 0. The second-order valence-corrected chi connectivity index (χ2v) is 8.33. The lowest BCUT2D eigenvalue weighted by molar-refractivity contribution is 0.591. The van der Waals surface area contributed by atoms with Crippen molar-refractivity contribution in [3.05, 3.63) is 60.2 Å². The minimum absolute atomic E-state index is 1.22. The third-order valence-corrected chi connectivity index (χ3v) is 5.84. The Morgan fingerprint density at radius 1 is 0.571 bits per heavy atom. The van der Waals surface area contributed by atoms with E-state index in [1.54, 1.807) is 0 Å². The molecule has 0 atom stereocenters. The van der Waals surface area contributed by atoms with Gasteiger partial charge in [-0.05, 0) is 54.9 Å². The number of hydrogen-bond donors (Lipinski definition) is 0. The van der Waals surface area contributed by atoms with Crippen LogP contribution >= 0.6 is 0 Å². The summed E-state index contributed by atoms with van der Waals surface area (Å²) >= 11 is 0. The molecule has 0 aliphatic carbocycles. The van der Waals surface area contributed by atoms with Crippen molar-refractivity contribution in [3.63, 3.8) is 0 Å². The molecule has 154 valence electrons. The first-order valence-corrected chi connectivity index (χ1v) is 12.0. The van der Waals surface area contributed by atoms with Gasteiger partial charge in [-0.15, -0.1) is 0 Å². The van der Waals surface area contributed by atoms with Gasteiger partial charge in [0.25, 0.3) is 0 Å². The molecule has 0 nitrogen and oxygen atoms in total. The van der Waals surface area contributed by atoms with Crippen LogP contribution in [0.15, 0.2) is 54.6 Å². The molecule has 0 N–H and O–H groups in total. The van der Waals surface area contributed by atoms with E-state index in [1.807, 2.05) is 0 Å². The van der Waals surface area contributed by atoms with Gasteiger partial charge in [-0.2, -0.15) is 0 Å². The van der Waals surface area contributed by atoms with E-state index < -0.39 is 0 Å². The molecule has 0 bridgehead atoms. The Bertz CT molecular complexity index is 647. The van der Waals surface area contributed by atoms with Gasteiger partial charge < -0.3 is 0 Å². The molecule has 28 heavy (non-hydrogen) atoms. The minimum atomic E-state index is 1.22. The molecule has 0 saturated carbocycles. The van der Waals surface area contributed by atoms with Crippen LogP contribution < -0.4 is 0 Å². The van der Waals surface area contributed by atoms with Crippen molar-refractivity contribution in [1.82, 2.24) is 0 Å². The Hall–Kier alpha value is -1.56. The maximum absolute atomic E-state index is 2.42. The number of fused-ring (bicyclic) bond motifs is 1. The molecule has 0 aliphatic heterocycles. The fourth-order valence-electron chi connectivity index (χ4n) is 4.07. The van der Waals surface area contributed by atoms with Crippen molar-refractivity contribution in [2.45, 2.75) is 103 Å². The van der Waals surface area contributed by atoms with E-state index in [-0.39, 0.29) is 0 Å². The van der Waals surface area contributed by atoms with Crippen LogP contribution in [0.3, 0.4) is 0 Å². The Morgan fingerprint density at radius 3 is 1.86 bits per heavy atom. The summed E-state index contributed by atoms with van der Waals surface area (Å²) in [5.41, 5.74) is 1.52. The highest BCUT2D eigenvalue weighted by Gasteiger charge is 2.00. The standard InChI is InChI=1S/C28H42/c1-2-3-4-5-6-7-8-9-10-11-12-13-14-15-16-17-21-26-23-20-24-27-22-18-19-25-28(26)27/h10-11,18-20,22-25H,2-9,12-17,21H2,1H3/b11-10+. The number of aryl methyl sites for hydroxylation is 1. The lowest BCUT2D eigenvalue weighted by Gasteiger charge is -2.06. The molecule has 0 radical (unpaired) electrons. The topological polar surface area (TPSA) is 0 Å². The van der Waals surface area contributed by atoms with Gasteiger partial charge in [0.15, 0.2) is 0 Å². The van der Waals surface area contributed by atoms with Crippen molar-refractivity contribution in [2.75, 3.05) is 0 Å². The fourth-order valence-corrected chi connectivity index (χ4v) is 4.07. The van der Waals surface area contributed by atoms with Crippen LogP contribution in [0, 0.1) is 0 Å². The normalized spacial score (nSPS) is 11.6. The van der Waals surface area contributed by atoms with Gasteiger partial charge >= 0.3 is 0 Å². The monoisotopic (exact) mass is 378 g/mol. The number of unbranched alkanes of at least 4 members (excludes halogenated alkanes) is 12. The molecule has 2 aromatic rings. The molecular weight excluding hydrogens is 336 g/mol. The third kappa shape index (κ3) is 9.58. The highest BCUT2D eigenvalue weighted by atomic mass is 14.0. The van der Waals surface area contributed by atoms with Crippen LogP contribution in [0.2, 0.25) is 0 Å². The van der Waals surface area contributed by atoms with Gasteiger partial charge in [-0.3, -0.25) is 0 Å². The van der Waals surface area contributed by atoms with E-state index in [0.717, 1.165) is 0 Å². The van der Waals surface area contributed by atoms with Crippen LogP contribution in [-0.2, 0) is 6.42 Å². The van der Waals surface area contributed by atoms with Crippen molar-refractivity contribution < 1.29 is 0 Å². The average molecular weight is 379 g/mol. The van der Waals surface area contributed by atoms with Gasteiger partial charge in [0.05, 0.1) is 0 Å². The second-order valence-electron chi connectivity index (χ2n) is 8.33. The third-order valence-electron chi connectivity index (χ3n) is 5.84. The maximum atomic E-state index is 2.42. The van der Waals surface area contributed by atoms with Crippen LogP contribution in [0.4, 0.5) is 0 Å². The summed E-state index contributed by atoms with van der Waals surface area (Å²) in [5.74, 6) is 0. The minimum Gasteiger partial charge on any atom is -0.0885 e. The van der Waals surface area contributed by atoms with Gasteiger partial charge in [-0.25, -0.2) is 0 Å². The number of hydrogen-bond acceptors (Lipinski definition) is 0. The summed E-state index contributed by atoms with van der Waals surface area (Å²) in [6, 6.07) is 15.5. The molecule has 0 spiro atoms. The maximum Gasteiger partial charge on any atom is -0.0152 e. The van der Waals surface area contributed by atoms with E-state index in [9.17, 15) is 0 Å². The lowest BCUT2D eigenvalue weighted by Crippen LogP contribution is -1.88. The Balaban J connectivity index is 1.42. The van der Waals surface area contributed by atoms with Crippen molar-refractivity contribution in [1.29, 1.82) is 0 Å². The molecule has 0 heterocycles. The molecule has 0 unspecified atom stereocenters. The first kappa shape index (κ1) is 22.7. The van der Waals surface area contributed by atoms with Gasteiger partial charge in [-0.1, -0.05) is 119 Å². The predicted molar refractivity (Wildman–Crippen MR) is 127 cm³/mol. The molecule has 2 aromatic carbocycles. The molecule has 0 aromatic heterocycles. The first-order chi connectivity index (χ1) is 13.9. The summed E-state index contributed by atoms with van der Waals surface area (Å²) in [6.07, 6.45) is 25.4. The zero-order chi connectivity index (χ0) is 19.7. The summed E-state index contributed by atoms with van der Waals surface area (Å²) in [5, 5.41) is 2.82. The van der Waals surface area contributed by atoms with Crippen LogP contribution in [-0.4, -0.2) is 0 Å². The van der Waals surface area contributed by atoms with Gasteiger partial charge in [0.1, 0.15) is 0 Å². The zero-order valence-corrected chi connectivity index (χ0v) is 18.3. The Kier molecular flexibility index (Phi) is 12.5. The summed E-state index contributed by atoms with van der Waals surface area (Å²) in [6.45, 7) is 2.29. The Labute approximate surface area is 174 Å². The van der Waals surface area contributed by atoms with E-state index in [0.29, 0.717) is 0 Å². The lowest BCUT2D eigenvalue weighted by atomic mass is 9.99. The fraction of sp³-hybridized carbons (Fsp3) is 0.571. The highest BCUT2D eigenvalue weighted by molar-refractivity contribution is 5.85. The highest BCUT2D eigenvalue weighted by Crippen LogP contribution is 2.20. The van der Waals surface area contributed by atoms with Crippen molar-refractivity contribution in [2.24, 2.45) is 0 Å². The van der Waals surface area contributed by atoms with E-state index in [4.69, 9.17) is 0 Å². The number of benzene rings is 2. The van der Waals surface area contributed by atoms with E-state index >= 15 is 0 Å². The largest absolute Gasteiger partial charge is 0.0885 e. The number of rotatable bonds is 16. The zero-order valence-electron chi connectivity index (χ0n) is 18.3. The van der Waals surface area contributed by atoms with Gasteiger partial charge in [0, 0.05) is 0 Å². The van der Waals surface area contributed by atoms with Gasteiger partial charge in [0.2, 0.25) is 0 Å². The van der Waals surface area contributed by atoms with Crippen LogP contribution in [0.5, 0.6) is 0 Å². The van der Waals surface area contributed by atoms with Crippen molar-refractivity contribution >= 4 is 10.8 Å². The molecule has 0 heteroatoms. The Morgan fingerprint density at radius 2 is 1.14 bits per heavy atom. The molecule has 0 amide bonds. The van der Waals surface area contributed by atoms with E-state index in [2.05, 4.69) is 61.5 Å². The molecule has 0 saturated heterocycles. The summed E-state index contributed by atoms with van der Waals surface area (Å²) in [7, 11) is 0. The van der Waals surface area contributed by atoms with Crippen molar-refractivity contribution in [3.8, 4) is 0 Å². The van der Waals surface area contributed by atoms with E-state index in [1.165, 1.54) is 113 Å². The molecule has 0 fully saturated rings. The summed E-state index contributed by atoms with van der Waals surface area (Å²) in [4.78, 5) is 0. The molecule has 0 aliphatic rings. The smallest absolute Gasteiger partial charge is 0.0152 e. The second kappa shape index (κ2) is 15.4. The predicted octanol–water partition coefficient (Wildman–Crippen LogP) is 9.42. The molecule has 2 rings (SSSR count). The first-order valence-electron chi connectivity index (χ1n) is 12.0. The quantitative estimate of drug-likeness (QED) is 0.201.